The average Bonchev–Trinajstić information content (AvgIpc) is 3.08. The van der Waals surface area contributed by atoms with Crippen molar-refractivity contribution in [1.82, 2.24) is 20.5 Å². The van der Waals surface area contributed by atoms with Crippen LogP contribution in [0.5, 0.6) is 0 Å². The third-order valence-corrected chi connectivity index (χ3v) is 7.35. The van der Waals surface area contributed by atoms with Gasteiger partial charge in [-0.2, -0.15) is 5.01 Å². The zero-order valence-corrected chi connectivity index (χ0v) is 19.9. The molecule has 3 N–H and O–H groups in total. The Balaban J connectivity index is 1.53. The fourth-order valence-electron chi connectivity index (χ4n) is 3.76. The van der Waals surface area contributed by atoms with E-state index in [0.29, 0.717) is 16.1 Å². The minimum atomic E-state index is -3.94. The van der Waals surface area contributed by atoms with Gasteiger partial charge in [0.1, 0.15) is 5.54 Å². The van der Waals surface area contributed by atoms with Crippen molar-refractivity contribution in [2.24, 2.45) is 0 Å². The second-order valence-corrected chi connectivity index (χ2v) is 10.0. The largest absolute Gasteiger partial charge is 0.344 e. The van der Waals surface area contributed by atoms with Crippen LogP contribution in [0.1, 0.15) is 34.0 Å². The molecule has 0 spiro atoms. The summed E-state index contributed by atoms with van der Waals surface area (Å²) in [6, 6.07) is 21.0. The number of sulfonamides is 1. The summed E-state index contributed by atoms with van der Waals surface area (Å²) >= 11 is 0. The van der Waals surface area contributed by atoms with E-state index in [2.05, 4.69) is 15.5 Å². The zero-order chi connectivity index (χ0) is 25.2. The molecule has 4 rings (SSSR count). The molecule has 1 heterocycles. The van der Waals surface area contributed by atoms with Gasteiger partial charge in [-0.3, -0.25) is 15.0 Å². The van der Waals surface area contributed by atoms with E-state index >= 15 is 0 Å². The summed E-state index contributed by atoms with van der Waals surface area (Å²) < 4.78 is 28.4. The molecule has 9 nitrogen and oxygen atoms in total. The van der Waals surface area contributed by atoms with Gasteiger partial charge in [0, 0.05) is 12.1 Å². The van der Waals surface area contributed by atoms with Crippen molar-refractivity contribution < 1.29 is 22.8 Å². The van der Waals surface area contributed by atoms with Gasteiger partial charge in [0.25, 0.3) is 11.8 Å². The van der Waals surface area contributed by atoms with E-state index in [1.54, 1.807) is 68.4 Å². The number of nitrogens with zero attached hydrogens (tertiary/aromatic N) is 1. The van der Waals surface area contributed by atoms with Crippen molar-refractivity contribution >= 4 is 27.9 Å². The van der Waals surface area contributed by atoms with Gasteiger partial charge in [-0.1, -0.05) is 66.7 Å². The number of rotatable bonds is 7. The lowest BCUT2D eigenvalue weighted by molar-refractivity contribution is -0.132. The Hall–Kier alpha value is -4.02. The smallest absolute Gasteiger partial charge is 0.318 e. The van der Waals surface area contributed by atoms with Crippen LogP contribution in [0.2, 0.25) is 0 Å². The van der Waals surface area contributed by atoms with Gasteiger partial charge in [-0.05, 0) is 42.7 Å². The molecular formula is C25H24N4O5S. The molecule has 4 amide bonds. The second kappa shape index (κ2) is 9.32. The quantitative estimate of drug-likeness (QED) is 0.437. The van der Waals surface area contributed by atoms with Crippen LogP contribution < -0.4 is 15.5 Å². The van der Waals surface area contributed by atoms with Gasteiger partial charge in [0.2, 0.25) is 10.0 Å². The number of carbonyl (C=O) groups is 3. The first-order valence-electron chi connectivity index (χ1n) is 10.8. The van der Waals surface area contributed by atoms with Crippen molar-refractivity contribution in [2.75, 3.05) is 0 Å². The number of nitrogens with one attached hydrogen (secondary N) is 3. The molecule has 1 aliphatic heterocycles. The number of urea groups is 1. The lowest BCUT2D eigenvalue weighted by Gasteiger charge is -2.22. The molecule has 180 valence electrons. The number of hydrogen-bond acceptors (Lipinski definition) is 5. The number of carbonyl (C=O) groups excluding carboxylic acids is 3. The molecule has 1 aliphatic rings. The van der Waals surface area contributed by atoms with E-state index in [4.69, 9.17) is 0 Å². The summed E-state index contributed by atoms with van der Waals surface area (Å²) in [5.74, 6) is -1.46. The van der Waals surface area contributed by atoms with Crippen molar-refractivity contribution in [3.63, 3.8) is 0 Å². The van der Waals surface area contributed by atoms with Crippen molar-refractivity contribution in [3.05, 3.63) is 101 Å². The molecule has 1 fully saturated rings. The third-order valence-electron chi connectivity index (χ3n) is 5.80. The van der Waals surface area contributed by atoms with E-state index in [9.17, 15) is 22.8 Å². The van der Waals surface area contributed by atoms with Crippen LogP contribution in [0, 0.1) is 6.92 Å². The van der Waals surface area contributed by atoms with Crippen LogP contribution in [0.3, 0.4) is 0 Å². The number of hydrogen-bond donors (Lipinski definition) is 3. The summed E-state index contributed by atoms with van der Waals surface area (Å²) in [7, 11) is -3.94. The molecule has 0 aliphatic carbocycles. The highest BCUT2D eigenvalue weighted by Crippen LogP contribution is 2.28. The summed E-state index contributed by atoms with van der Waals surface area (Å²) in [6.07, 6.45) is 0. The SMILES string of the molecule is Cc1ccc(C(=O)NN2C(=O)NC(C)(c3ccccc3)C2=O)cc1S(=O)(=O)NCc1ccccc1. The lowest BCUT2D eigenvalue weighted by atomic mass is 9.92. The molecule has 0 aromatic heterocycles. The molecular weight excluding hydrogens is 468 g/mol. The average molecular weight is 493 g/mol. The van der Waals surface area contributed by atoms with Crippen molar-refractivity contribution in [2.45, 2.75) is 30.8 Å². The molecule has 1 atom stereocenters. The summed E-state index contributed by atoms with van der Waals surface area (Å²) in [4.78, 5) is 38.4. The number of hydrazine groups is 1. The van der Waals surface area contributed by atoms with Gasteiger partial charge >= 0.3 is 6.03 Å². The Kier molecular flexibility index (Phi) is 6.42. The molecule has 3 aromatic carbocycles. The fraction of sp³-hybridized carbons (Fsp3) is 0.160. The maximum atomic E-state index is 13.0. The zero-order valence-electron chi connectivity index (χ0n) is 19.1. The maximum Gasteiger partial charge on any atom is 0.344 e. The first kappa shape index (κ1) is 24.1. The lowest BCUT2D eigenvalue weighted by Crippen LogP contribution is -2.48. The molecule has 0 radical (unpaired) electrons. The molecule has 10 heteroatoms. The van der Waals surface area contributed by atoms with E-state index in [1.165, 1.54) is 18.2 Å². The Morgan fingerprint density at radius 3 is 2.26 bits per heavy atom. The highest BCUT2D eigenvalue weighted by Gasteiger charge is 2.50. The van der Waals surface area contributed by atoms with Crippen LogP contribution >= 0.6 is 0 Å². The molecule has 3 aromatic rings. The normalized spacial score (nSPS) is 17.8. The predicted molar refractivity (Wildman–Crippen MR) is 128 cm³/mol. The highest BCUT2D eigenvalue weighted by molar-refractivity contribution is 7.89. The Bertz CT molecular complexity index is 1390. The van der Waals surface area contributed by atoms with Crippen molar-refractivity contribution in [3.8, 4) is 0 Å². The fourth-order valence-corrected chi connectivity index (χ4v) is 5.04. The monoisotopic (exact) mass is 492 g/mol. The van der Waals surface area contributed by atoms with E-state index in [1.807, 2.05) is 6.07 Å². The molecule has 35 heavy (non-hydrogen) atoms. The van der Waals surface area contributed by atoms with Gasteiger partial charge < -0.3 is 5.32 Å². The summed E-state index contributed by atoms with van der Waals surface area (Å²) in [5.41, 5.74) is 2.69. The molecule has 0 bridgehead atoms. The van der Waals surface area contributed by atoms with E-state index in [0.717, 1.165) is 5.56 Å². The molecule has 0 saturated carbocycles. The van der Waals surface area contributed by atoms with Gasteiger partial charge in [0.15, 0.2) is 0 Å². The summed E-state index contributed by atoms with van der Waals surface area (Å²) in [5, 5.41) is 3.21. The van der Waals surface area contributed by atoms with E-state index < -0.39 is 33.4 Å². The van der Waals surface area contributed by atoms with E-state index in [-0.39, 0.29) is 17.0 Å². The van der Waals surface area contributed by atoms with Gasteiger partial charge in [0.05, 0.1) is 4.90 Å². The predicted octanol–water partition coefficient (Wildman–Crippen LogP) is 2.59. The van der Waals surface area contributed by atoms with Crippen LogP contribution in [0.4, 0.5) is 4.79 Å². The van der Waals surface area contributed by atoms with Crippen LogP contribution in [-0.4, -0.2) is 31.3 Å². The van der Waals surface area contributed by atoms with Crippen LogP contribution in [-0.2, 0) is 26.9 Å². The highest BCUT2D eigenvalue weighted by atomic mass is 32.2. The maximum absolute atomic E-state index is 13.0. The Morgan fingerprint density at radius 2 is 1.60 bits per heavy atom. The number of amides is 4. The minimum Gasteiger partial charge on any atom is -0.318 e. The molecule has 1 saturated heterocycles. The topological polar surface area (TPSA) is 125 Å². The third kappa shape index (κ3) is 4.79. The van der Waals surface area contributed by atoms with Crippen LogP contribution in [0.15, 0.2) is 83.8 Å². The van der Waals surface area contributed by atoms with Crippen LogP contribution in [0.25, 0.3) is 0 Å². The molecule has 1 unspecified atom stereocenters. The summed E-state index contributed by atoms with van der Waals surface area (Å²) in [6.45, 7) is 3.24. The Labute approximate surface area is 203 Å². The standard InChI is InChI=1S/C25H24N4O5S/c1-17-13-14-19(15-21(17)35(33,34)26-16-18-9-5-3-6-10-18)22(30)28-29-23(31)25(2,27-24(29)32)20-11-7-4-8-12-20/h3-15,26H,16H2,1-2H3,(H,27,32)(H,28,30). The van der Waals surface area contributed by atoms with Gasteiger partial charge in [-0.25, -0.2) is 17.9 Å². The number of imide groups is 1. The second-order valence-electron chi connectivity index (χ2n) is 8.29. The minimum absolute atomic E-state index is 0.0235. The number of benzene rings is 3. The van der Waals surface area contributed by atoms with Crippen molar-refractivity contribution in [1.29, 1.82) is 0 Å². The first-order chi connectivity index (χ1) is 16.6. The Morgan fingerprint density at radius 1 is 0.971 bits per heavy atom. The number of aryl methyl sites for hydroxylation is 1. The van der Waals surface area contributed by atoms with Gasteiger partial charge in [-0.15, -0.1) is 0 Å². The first-order valence-corrected chi connectivity index (χ1v) is 12.3.